The molecule has 0 spiro atoms. The average Bonchev–Trinajstić information content (AvgIpc) is 2.32. The number of benzene rings is 1. The van der Waals surface area contributed by atoms with Gasteiger partial charge in [0.1, 0.15) is 5.82 Å². The fraction of sp³-hybridized carbons (Fsp3) is 0.600. The summed E-state index contributed by atoms with van der Waals surface area (Å²) in [5.41, 5.74) is 7.20. The normalized spacial score (nSPS) is 30.2. The summed E-state index contributed by atoms with van der Waals surface area (Å²) in [7, 11) is 0. The Hall–Kier alpha value is -0.600. The molecule has 18 heavy (non-hydrogen) atoms. The Balaban J connectivity index is 2.13. The van der Waals surface area contributed by atoms with Gasteiger partial charge in [-0.05, 0) is 48.3 Å². The number of rotatable bonds is 2. The van der Waals surface area contributed by atoms with Crippen LogP contribution in [0.5, 0.6) is 0 Å². The van der Waals surface area contributed by atoms with Gasteiger partial charge in [0.2, 0.25) is 0 Å². The lowest BCUT2D eigenvalue weighted by Crippen LogP contribution is -2.29. The average molecular weight is 270 g/mol. The Morgan fingerprint density at radius 3 is 2.61 bits per heavy atom. The van der Waals surface area contributed by atoms with E-state index < -0.39 is 0 Å². The Kier molecular flexibility index (Phi) is 4.29. The number of nitrogens with two attached hydrogens (primary N) is 1. The van der Waals surface area contributed by atoms with Gasteiger partial charge in [-0.25, -0.2) is 4.39 Å². The predicted molar refractivity (Wildman–Crippen MR) is 74.0 cm³/mol. The van der Waals surface area contributed by atoms with E-state index >= 15 is 0 Å². The highest BCUT2D eigenvalue weighted by molar-refractivity contribution is 6.31. The lowest BCUT2D eigenvalue weighted by molar-refractivity contribution is 0.186. The number of hydrogen-bond acceptors (Lipinski definition) is 1. The van der Waals surface area contributed by atoms with Crippen molar-refractivity contribution in [2.24, 2.45) is 23.5 Å². The van der Waals surface area contributed by atoms with Crippen molar-refractivity contribution in [3.8, 4) is 0 Å². The summed E-state index contributed by atoms with van der Waals surface area (Å²) >= 11 is 6.09. The summed E-state index contributed by atoms with van der Waals surface area (Å²) in [5, 5.41) is 0.453. The van der Waals surface area contributed by atoms with Crippen LogP contribution in [0.1, 0.15) is 44.7 Å². The van der Waals surface area contributed by atoms with Crippen LogP contribution in [0, 0.1) is 23.6 Å². The van der Waals surface area contributed by atoms with E-state index in [2.05, 4.69) is 13.8 Å². The second-order valence-electron chi connectivity index (χ2n) is 5.72. The molecule has 1 aliphatic rings. The van der Waals surface area contributed by atoms with Gasteiger partial charge in [0, 0.05) is 11.1 Å². The van der Waals surface area contributed by atoms with Crippen molar-refractivity contribution in [3.63, 3.8) is 0 Å². The van der Waals surface area contributed by atoms with E-state index in [0.29, 0.717) is 16.9 Å². The molecule has 1 aromatic carbocycles. The monoisotopic (exact) mass is 269 g/mol. The first-order chi connectivity index (χ1) is 8.49. The third kappa shape index (κ3) is 2.86. The maximum absolute atomic E-state index is 13.0. The summed E-state index contributed by atoms with van der Waals surface area (Å²) in [6, 6.07) is 4.44. The minimum atomic E-state index is -0.304. The second-order valence-corrected chi connectivity index (χ2v) is 6.13. The smallest absolute Gasteiger partial charge is 0.124 e. The van der Waals surface area contributed by atoms with E-state index in [1.807, 2.05) is 0 Å². The number of halogens is 2. The Labute approximate surface area is 114 Å². The molecule has 0 aliphatic heterocycles. The largest absolute Gasteiger partial charge is 0.324 e. The molecule has 1 aliphatic carbocycles. The van der Waals surface area contributed by atoms with Crippen LogP contribution in [0.25, 0.3) is 0 Å². The fourth-order valence-electron chi connectivity index (χ4n) is 2.94. The summed E-state index contributed by atoms with van der Waals surface area (Å²) in [6.07, 6.45) is 3.49. The van der Waals surface area contributed by atoms with Gasteiger partial charge in [0.05, 0.1) is 0 Å². The van der Waals surface area contributed by atoms with Gasteiger partial charge in [0.15, 0.2) is 0 Å². The van der Waals surface area contributed by atoms with Gasteiger partial charge < -0.3 is 5.73 Å². The maximum Gasteiger partial charge on any atom is 0.124 e. The van der Waals surface area contributed by atoms with Crippen molar-refractivity contribution in [3.05, 3.63) is 34.6 Å². The quantitative estimate of drug-likeness (QED) is 0.837. The fourth-order valence-corrected chi connectivity index (χ4v) is 3.23. The lowest BCUT2D eigenvalue weighted by Gasteiger charge is -2.35. The van der Waals surface area contributed by atoms with Crippen molar-refractivity contribution < 1.29 is 4.39 Å². The second kappa shape index (κ2) is 5.58. The molecule has 1 saturated carbocycles. The summed E-state index contributed by atoms with van der Waals surface area (Å²) in [5.74, 6) is 1.63. The van der Waals surface area contributed by atoms with E-state index in [9.17, 15) is 4.39 Å². The summed E-state index contributed by atoms with van der Waals surface area (Å²) < 4.78 is 13.0. The summed E-state index contributed by atoms with van der Waals surface area (Å²) in [4.78, 5) is 0. The Morgan fingerprint density at radius 2 is 2.00 bits per heavy atom. The summed E-state index contributed by atoms with van der Waals surface area (Å²) in [6.45, 7) is 4.59. The van der Waals surface area contributed by atoms with E-state index in [0.717, 1.165) is 24.3 Å². The van der Waals surface area contributed by atoms with Crippen molar-refractivity contribution in [1.29, 1.82) is 0 Å². The van der Waals surface area contributed by atoms with Gasteiger partial charge in [-0.3, -0.25) is 0 Å². The molecule has 0 saturated heterocycles. The molecular formula is C15H21ClFN. The molecule has 0 bridgehead atoms. The van der Waals surface area contributed by atoms with Crippen molar-refractivity contribution in [2.45, 2.75) is 39.2 Å². The Bertz CT molecular complexity index is 421. The molecule has 0 heterocycles. The van der Waals surface area contributed by atoms with Crippen molar-refractivity contribution in [1.82, 2.24) is 0 Å². The Morgan fingerprint density at radius 1 is 1.28 bits per heavy atom. The van der Waals surface area contributed by atoms with Crippen LogP contribution in [-0.4, -0.2) is 0 Å². The SMILES string of the molecule is CC1CCC(C(N)c2ccc(F)cc2Cl)CC1C. The first kappa shape index (κ1) is 13.8. The molecule has 0 amide bonds. The van der Waals surface area contributed by atoms with Gasteiger partial charge >= 0.3 is 0 Å². The van der Waals surface area contributed by atoms with E-state index in [4.69, 9.17) is 17.3 Å². The predicted octanol–water partition coefficient (Wildman–Crippen LogP) is 4.55. The van der Waals surface area contributed by atoms with Crippen LogP contribution >= 0.6 is 11.6 Å². The zero-order valence-electron chi connectivity index (χ0n) is 11.0. The van der Waals surface area contributed by atoms with E-state index in [1.54, 1.807) is 6.07 Å². The highest BCUT2D eigenvalue weighted by atomic mass is 35.5. The first-order valence-electron chi connectivity index (χ1n) is 6.69. The third-order valence-corrected chi connectivity index (χ3v) is 4.80. The molecular weight excluding hydrogens is 249 g/mol. The standard InChI is InChI=1S/C15H21ClFN/c1-9-3-4-11(7-10(9)2)15(18)13-6-5-12(17)8-14(13)16/h5-6,8-11,15H,3-4,7,18H2,1-2H3. The minimum Gasteiger partial charge on any atom is -0.324 e. The zero-order chi connectivity index (χ0) is 13.3. The molecule has 2 N–H and O–H groups in total. The minimum absolute atomic E-state index is 0.0759. The third-order valence-electron chi connectivity index (χ3n) is 4.47. The zero-order valence-corrected chi connectivity index (χ0v) is 11.8. The topological polar surface area (TPSA) is 26.0 Å². The van der Waals surface area contributed by atoms with Gasteiger partial charge in [-0.2, -0.15) is 0 Å². The van der Waals surface area contributed by atoms with E-state index in [1.165, 1.54) is 18.6 Å². The lowest BCUT2D eigenvalue weighted by atomic mass is 9.72. The van der Waals surface area contributed by atoms with E-state index in [-0.39, 0.29) is 11.9 Å². The van der Waals surface area contributed by atoms with Crippen LogP contribution in [0.4, 0.5) is 4.39 Å². The van der Waals surface area contributed by atoms with Gasteiger partial charge in [-0.15, -0.1) is 0 Å². The molecule has 1 fully saturated rings. The first-order valence-corrected chi connectivity index (χ1v) is 7.07. The van der Waals surface area contributed by atoms with Crippen molar-refractivity contribution >= 4 is 11.6 Å². The van der Waals surface area contributed by atoms with Crippen molar-refractivity contribution in [2.75, 3.05) is 0 Å². The van der Waals surface area contributed by atoms with Crippen LogP contribution < -0.4 is 5.73 Å². The highest BCUT2D eigenvalue weighted by Crippen LogP contribution is 2.40. The molecule has 1 nitrogen and oxygen atoms in total. The highest BCUT2D eigenvalue weighted by Gasteiger charge is 2.29. The maximum atomic E-state index is 13.0. The van der Waals surface area contributed by atoms with Gasteiger partial charge in [0.25, 0.3) is 0 Å². The molecule has 4 unspecified atom stereocenters. The molecule has 0 aromatic heterocycles. The van der Waals surface area contributed by atoms with Crippen LogP contribution in [-0.2, 0) is 0 Å². The molecule has 100 valence electrons. The van der Waals surface area contributed by atoms with Crippen LogP contribution in [0.15, 0.2) is 18.2 Å². The molecule has 3 heteroatoms. The molecule has 0 radical (unpaired) electrons. The molecule has 1 aromatic rings. The van der Waals surface area contributed by atoms with Gasteiger partial charge in [-0.1, -0.05) is 37.9 Å². The van der Waals surface area contributed by atoms with Crippen LogP contribution in [0.3, 0.4) is 0 Å². The molecule has 4 atom stereocenters. The number of hydrogen-bond donors (Lipinski definition) is 1. The molecule has 2 rings (SSSR count). The van der Waals surface area contributed by atoms with Crippen LogP contribution in [0.2, 0.25) is 5.02 Å².